The van der Waals surface area contributed by atoms with Gasteiger partial charge in [0.2, 0.25) is 5.91 Å². The predicted octanol–water partition coefficient (Wildman–Crippen LogP) is 2.34. The average Bonchev–Trinajstić information content (AvgIpc) is 3.02. The van der Waals surface area contributed by atoms with Gasteiger partial charge in [-0.15, -0.1) is 0 Å². The highest BCUT2D eigenvalue weighted by Crippen LogP contribution is 2.34. The molecule has 0 aromatic heterocycles. The number of amides is 1. The van der Waals surface area contributed by atoms with Crippen LogP contribution in [0.1, 0.15) is 37.7 Å². The monoisotopic (exact) mass is 344 g/mol. The summed E-state index contributed by atoms with van der Waals surface area (Å²) in [6.07, 6.45) is 5.40. The fourth-order valence-corrected chi connectivity index (χ4v) is 4.23. The number of hydrogen-bond donors (Lipinski definition) is 1. The maximum Gasteiger partial charge on any atom is 0.249 e. The molecule has 0 bridgehead atoms. The molecule has 0 unspecified atom stereocenters. The Morgan fingerprint density at radius 3 is 2.92 bits per heavy atom. The quantitative estimate of drug-likeness (QED) is 0.891. The second-order valence-electron chi connectivity index (χ2n) is 7.63. The van der Waals surface area contributed by atoms with Crippen molar-refractivity contribution in [3.05, 3.63) is 29.8 Å². The lowest BCUT2D eigenvalue weighted by molar-refractivity contribution is -0.134. The number of hydrogen-bond acceptors (Lipinski definition) is 4. The first-order valence-corrected chi connectivity index (χ1v) is 9.53. The van der Waals surface area contributed by atoms with Crippen molar-refractivity contribution in [1.29, 1.82) is 0 Å². The lowest BCUT2D eigenvalue weighted by Gasteiger charge is -2.34. The van der Waals surface area contributed by atoms with E-state index in [9.17, 15) is 4.79 Å². The lowest BCUT2D eigenvalue weighted by atomic mass is 9.90. The van der Waals surface area contributed by atoms with E-state index in [1.165, 1.54) is 12.0 Å². The molecule has 5 heteroatoms. The number of fused-ring (bicyclic) bond motifs is 1. The van der Waals surface area contributed by atoms with Crippen molar-refractivity contribution in [3.63, 3.8) is 0 Å². The molecule has 3 aliphatic rings. The number of nitrogens with zero attached hydrogens (tertiary/aromatic N) is 1. The van der Waals surface area contributed by atoms with E-state index in [4.69, 9.17) is 9.47 Å². The van der Waals surface area contributed by atoms with Crippen molar-refractivity contribution in [2.24, 2.45) is 5.92 Å². The fraction of sp³-hybridized carbons (Fsp3) is 0.650. The van der Waals surface area contributed by atoms with Crippen LogP contribution in [0.5, 0.6) is 5.75 Å². The Hall–Kier alpha value is -1.59. The molecule has 1 aromatic carbocycles. The predicted molar refractivity (Wildman–Crippen MR) is 95.4 cm³/mol. The molecule has 1 saturated carbocycles. The Bertz CT molecular complexity index is 617. The van der Waals surface area contributed by atoms with Gasteiger partial charge in [-0.3, -0.25) is 9.69 Å². The Morgan fingerprint density at radius 2 is 2.16 bits per heavy atom. The largest absolute Gasteiger partial charge is 0.496 e. The molecule has 4 rings (SSSR count). The van der Waals surface area contributed by atoms with Gasteiger partial charge < -0.3 is 14.8 Å². The molecular formula is C20H28N2O3. The van der Waals surface area contributed by atoms with Gasteiger partial charge in [0.25, 0.3) is 0 Å². The second kappa shape index (κ2) is 7.34. The van der Waals surface area contributed by atoms with Gasteiger partial charge in [-0.1, -0.05) is 18.2 Å². The number of carbonyl (C=O) groups is 1. The molecule has 1 amide bonds. The lowest BCUT2D eigenvalue weighted by Crippen LogP contribution is -2.45. The molecule has 1 aromatic rings. The number of benzene rings is 1. The molecule has 2 saturated heterocycles. The Kier molecular flexibility index (Phi) is 4.95. The van der Waals surface area contributed by atoms with Crippen molar-refractivity contribution < 1.29 is 14.3 Å². The van der Waals surface area contributed by atoms with Gasteiger partial charge in [0, 0.05) is 24.7 Å². The summed E-state index contributed by atoms with van der Waals surface area (Å²) < 4.78 is 11.6. The second-order valence-corrected chi connectivity index (χ2v) is 7.63. The summed E-state index contributed by atoms with van der Waals surface area (Å²) in [6, 6.07) is 8.57. The van der Waals surface area contributed by atoms with E-state index in [-0.39, 0.29) is 18.1 Å². The third kappa shape index (κ3) is 3.67. The van der Waals surface area contributed by atoms with Crippen molar-refractivity contribution in [2.45, 2.75) is 56.9 Å². The average molecular weight is 344 g/mol. The number of likely N-dealkylation sites (tertiary alicyclic amines) is 1. The molecule has 3 atom stereocenters. The minimum absolute atomic E-state index is 0.107. The van der Waals surface area contributed by atoms with Crippen LogP contribution in [0.4, 0.5) is 0 Å². The molecule has 1 N–H and O–H groups in total. The summed E-state index contributed by atoms with van der Waals surface area (Å²) in [5.74, 6) is 1.57. The summed E-state index contributed by atoms with van der Waals surface area (Å²) in [4.78, 5) is 14.8. The SMILES string of the molecule is COc1ccccc1CN1CC[C@H]2C[C@H](C(=O)NC3CCC3)O[C@@H]2C1. The van der Waals surface area contributed by atoms with Gasteiger partial charge in [-0.2, -0.15) is 0 Å². The van der Waals surface area contributed by atoms with E-state index in [0.29, 0.717) is 12.0 Å². The van der Waals surface area contributed by atoms with E-state index in [0.717, 1.165) is 51.1 Å². The normalized spacial score (nSPS) is 29.7. The smallest absolute Gasteiger partial charge is 0.249 e. The first-order valence-electron chi connectivity index (χ1n) is 9.53. The van der Waals surface area contributed by atoms with Gasteiger partial charge in [-0.05, 0) is 50.6 Å². The number of methoxy groups -OCH3 is 1. The highest BCUT2D eigenvalue weighted by molar-refractivity contribution is 5.81. The Labute approximate surface area is 149 Å². The fourth-order valence-electron chi connectivity index (χ4n) is 4.23. The molecular weight excluding hydrogens is 316 g/mol. The molecule has 1 aliphatic carbocycles. The van der Waals surface area contributed by atoms with Crippen LogP contribution in [0.2, 0.25) is 0 Å². The number of ether oxygens (including phenoxy) is 2. The topological polar surface area (TPSA) is 50.8 Å². The van der Waals surface area contributed by atoms with Gasteiger partial charge in [0.05, 0.1) is 13.2 Å². The summed E-state index contributed by atoms with van der Waals surface area (Å²) in [5.41, 5.74) is 1.21. The number of para-hydroxylation sites is 1. The Morgan fingerprint density at radius 1 is 1.32 bits per heavy atom. The van der Waals surface area contributed by atoms with E-state index in [2.05, 4.69) is 22.3 Å². The summed E-state index contributed by atoms with van der Waals surface area (Å²) >= 11 is 0. The van der Waals surface area contributed by atoms with Crippen LogP contribution < -0.4 is 10.1 Å². The van der Waals surface area contributed by atoms with Crippen molar-refractivity contribution >= 4 is 5.91 Å². The molecule has 0 spiro atoms. The van der Waals surface area contributed by atoms with Crippen LogP contribution in [0.25, 0.3) is 0 Å². The van der Waals surface area contributed by atoms with Gasteiger partial charge in [0.1, 0.15) is 11.9 Å². The molecule has 5 nitrogen and oxygen atoms in total. The van der Waals surface area contributed by atoms with Gasteiger partial charge in [-0.25, -0.2) is 0 Å². The standard InChI is InChI=1S/C20H28N2O3/c1-24-17-8-3-2-5-15(17)12-22-10-9-14-11-18(25-19(14)13-22)20(23)21-16-6-4-7-16/h2-3,5,8,14,16,18-19H,4,6-7,9-13H2,1H3,(H,21,23)/t14-,18+,19+/m0/s1. The third-order valence-corrected chi connectivity index (χ3v) is 5.97. The van der Waals surface area contributed by atoms with Gasteiger partial charge >= 0.3 is 0 Å². The van der Waals surface area contributed by atoms with Crippen LogP contribution in [0, 0.1) is 5.92 Å². The maximum absolute atomic E-state index is 12.4. The van der Waals surface area contributed by atoms with E-state index >= 15 is 0 Å². The van der Waals surface area contributed by atoms with Crippen LogP contribution in [0.3, 0.4) is 0 Å². The zero-order valence-corrected chi connectivity index (χ0v) is 14.9. The highest BCUT2D eigenvalue weighted by Gasteiger charge is 2.42. The molecule has 25 heavy (non-hydrogen) atoms. The molecule has 3 fully saturated rings. The number of piperidine rings is 1. The zero-order valence-electron chi connectivity index (χ0n) is 14.9. The summed E-state index contributed by atoms with van der Waals surface area (Å²) in [7, 11) is 1.72. The van der Waals surface area contributed by atoms with Crippen molar-refractivity contribution in [1.82, 2.24) is 10.2 Å². The zero-order chi connectivity index (χ0) is 17.2. The van der Waals surface area contributed by atoms with E-state index < -0.39 is 0 Å². The number of carbonyl (C=O) groups excluding carboxylic acids is 1. The molecule has 136 valence electrons. The van der Waals surface area contributed by atoms with Gasteiger partial charge in [0.15, 0.2) is 0 Å². The number of rotatable bonds is 5. The first-order chi connectivity index (χ1) is 12.2. The van der Waals surface area contributed by atoms with E-state index in [1.54, 1.807) is 7.11 Å². The minimum Gasteiger partial charge on any atom is -0.496 e. The molecule has 2 heterocycles. The summed E-state index contributed by atoms with van der Waals surface area (Å²) in [5, 5.41) is 3.14. The van der Waals surface area contributed by atoms with Crippen LogP contribution in [-0.4, -0.2) is 49.3 Å². The third-order valence-electron chi connectivity index (χ3n) is 5.97. The molecule has 0 radical (unpaired) electrons. The van der Waals surface area contributed by atoms with Crippen LogP contribution in [-0.2, 0) is 16.1 Å². The minimum atomic E-state index is -0.248. The van der Waals surface area contributed by atoms with E-state index in [1.807, 2.05) is 12.1 Å². The highest BCUT2D eigenvalue weighted by atomic mass is 16.5. The van der Waals surface area contributed by atoms with Crippen molar-refractivity contribution in [3.8, 4) is 5.75 Å². The van der Waals surface area contributed by atoms with Crippen LogP contribution in [0.15, 0.2) is 24.3 Å². The maximum atomic E-state index is 12.4. The Balaban J connectivity index is 1.32. The van der Waals surface area contributed by atoms with Crippen LogP contribution >= 0.6 is 0 Å². The summed E-state index contributed by atoms with van der Waals surface area (Å²) in [6.45, 7) is 2.82. The first kappa shape index (κ1) is 16.9. The molecule has 2 aliphatic heterocycles. The van der Waals surface area contributed by atoms with Crippen molar-refractivity contribution in [2.75, 3.05) is 20.2 Å². The number of nitrogens with one attached hydrogen (secondary N) is 1.